The third-order valence-electron chi connectivity index (χ3n) is 3.86. The summed E-state index contributed by atoms with van der Waals surface area (Å²) in [5, 5.41) is 12.3. The second kappa shape index (κ2) is 8.23. The van der Waals surface area contributed by atoms with Crippen molar-refractivity contribution in [3.63, 3.8) is 0 Å². The maximum Gasteiger partial charge on any atom is 0.423 e. The molecule has 0 aliphatic rings. The lowest BCUT2D eigenvalue weighted by Crippen LogP contribution is -2.51. The molecule has 0 aliphatic heterocycles. The molecule has 0 aromatic heterocycles. The Bertz CT molecular complexity index is 717. The molecule has 0 heterocycles. The summed E-state index contributed by atoms with van der Waals surface area (Å²) >= 11 is 0. The number of carbonyl (C=O) groups is 1. The molecule has 2 aromatic carbocycles. The van der Waals surface area contributed by atoms with Crippen LogP contribution in [0.3, 0.4) is 0 Å². The minimum atomic E-state index is -4.93. The number of aliphatic hydroxyl groups is 1. The zero-order chi connectivity index (χ0) is 19.2. The summed E-state index contributed by atoms with van der Waals surface area (Å²) in [6.45, 7) is 1.39. The molecule has 7 heteroatoms. The van der Waals surface area contributed by atoms with Gasteiger partial charge in [-0.05, 0) is 30.2 Å². The molecule has 0 fully saturated rings. The number of hydrogen-bond acceptors (Lipinski definition) is 3. The molecule has 1 atom stereocenters. The van der Waals surface area contributed by atoms with Gasteiger partial charge in [0.05, 0.1) is 19.6 Å². The number of carbonyl (C=O) groups excluding carboxylic acids is 1. The molecule has 1 unspecified atom stereocenters. The highest BCUT2D eigenvalue weighted by Gasteiger charge is 2.55. The summed E-state index contributed by atoms with van der Waals surface area (Å²) in [5.41, 5.74) is -2.85. The third-order valence-corrected chi connectivity index (χ3v) is 3.86. The fourth-order valence-corrected chi connectivity index (χ4v) is 2.42. The number of alkyl halides is 3. The molecule has 2 aromatic rings. The summed E-state index contributed by atoms with van der Waals surface area (Å²) in [7, 11) is 0. The van der Waals surface area contributed by atoms with Crippen molar-refractivity contribution in [2.45, 2.75) is 25.1 Å². The van der Waals surface area contributed by atoms with Crippen LogP contribution in [-0.4, -0.2) is 30.3 Å². The van der Waals surface area contributed by atoms with E-state index in [4.69, 9.17) is 4.74 Å². The van der Waals surface area contributed by atoms with E-state index >= 15 is 0 Å². The van der Waals surface area contributed by atoms with Crippen LogP contribution in [0, 0.1) is 0 Å². The van der Waals surface area contributed by atoms with Crippen LogP contribution < -0.4 is 10.1 Å². The molecule has 0 spiro atoms. The van der Waals surface area contributed by atoms with Crippen LogP contribution in [0.5, 0.6) is 5.75 Å². The highest BCUT2D eigenvalue weighted by Crippen LogP contribution is 2.38. The van der Waals surface area contributed by atoms with Crippen LogP contribution in [0.15, 0.2) is 54.6 Å². The number of nitrogens with one attached hydrogen (secondary N) is 1. The van der Waals surface area contributed by atoms with Crippen LogP contribution in [0.1, 0.15) is 18.1 Å². The molecule has 4 nitrogen and oxygen atoms in total. The Hall–Kier alpha value is -2.54. The van der Waals surface area contributed by atoms with E-state index in [-0.39, 0.29) is 12.0 Å². The number of amides is 1. The Morgan fingerprint density at radius 1 is 1.08 bits per heavy atom. The maximum absolute atomic E-state index is 13.4. The predicted molar refractivity (Wildman–Crippen MR) is 90.7 cm³/mol. The van der Waals surface area contributed by atoms with Crippen LogP contribution in [0.4, 0.5) is 13.2 Å². The Balaban J connectivity index is 2.03. The monoisotopic (exact) mass is 367 g/mol. The van der Waals surface area contributed by atoms with Crippen LogP contribution in [-0.2, 0) is 16.8 Å². The van der Waals surface area contributed by atoms with E-state index in [1.54, 1.807) is 30.3 Å². The first-order chi connectivity index (χ1) is 12.3. The molecule has 0 aliphatic carbocycles. The number of hydrogen-bond donors (Lipinski definition) is 2. The van der Waals surface area contributed by atoms with Gasteiger partial charge in [0.15, 0.2) is 0 Å². The fourth-order valence-electron chi connectivity index (χ4n) is 2.42. The van der Waals surface area contributed by atoms with Gasteiger partial charge in [-0.3, -0.25) is 4.79 Å². The average molecular weight is 367 g/mol. The van der Waals surface area contributed by atoms with E-state index in [9.17, 15) is 23.1 Å². The fraction of sp³-hybridized carbons (Fsp3) is 0.316. The van der Waals surface area contributed by atoms with Gasteiger partial charge in [-0.1, -0.05) is 42.5 Å². The molecule has 0 saturated carbocycles. The normalized spacial score (nSPS) is 13.7. The van der Waals surface area contributed by atoms with E-state index in [1.165, 1.54) is 24.3 Å². The van der Waals surface area contributed by atoms with Gasteiger partial charge in [0.2, 0.25) is 11.5 Å². The Labute approximate surface area is 149 Å². The number of rotatable bonds is 7. The van der Waals surface area contributed by atoms with E-state index in [0.717, 1.165) is 0 Å². The average Bonchev–Trinajstić information content (AvgIpc) is 2.61. The van der Waals surface area contributed by atoms with Crippen LogP contribution >= 0.6 is 0 Å². The molecule has 26 heavy (non-hydrogen) atoms. The van der Waals surface area contributed by atoms with Crippen molar-refractivity contribution >= 4 is 5.91 Å². The molecule has 140 valence electrons. The molecular weight excluding hydrogens is 347 g/mol. The molecule has 1 amide bonds. The van der Waals surface area contributed by atoms with Gasteiger partial charge in [-0.15, -0.1) is 0 Å². The second-order valence-corrected chi connectivity index (χ2v) is 5.75. The highest BCUT2D eigenvalue weighted by atomic mass is 19.4. The standard InChI is InChI=1S/C19H20F3NO3/c1-2-26-16-10-8-14(9-11-16)12-17(24)23-13-18(25,19(20,21)22)15-6-4-3-5-7-15/h3-11,25H,2,12-13H2,1H3,(H,23,24). The van der Waals surface area contributed by atoms with Crippen molar-refractivity contribution in [2.24, 2.45) is 0 Å². The van der Waals surface area contributed by atoms with Gasteiger partial charge < -0.3 is 15.2 Å². The maximum atomic E-state index is 13.4. The Kier molecular flexibility index (Phi) is 6.26. The number of halogens is 3. The van der Waals surface area contributed by atoms with Crippen molar-refractivity contribution in [1.29, 1.82) is 0 Å². The van der Waals surface area contributed by atoms with Crippen molar-refractivity contribution in [3.8, 4) is 5.75 Å². The summed E-state index contributed by atoms with van der Waals surface area (Å²) in [5.74, 6) is 0.0277. The molecule has 0 bridgehead atoms. The predicted octanol–water partition coefficient (Wildman–Crippen LogP) is 3.19. The SMILES string of the molecule is CCOc1ccc(CC(=O)NCC(O)(c2ccccc2)C(F)(F)F)cc1. The van der Waals surface area contributed by atoms with Gasteiger partial charge in [0.1, 0.15) is 5.75 Å². The number of benzene rings is 2. The Morgan fingerprint density at radius 2 is 1.69 bits per heavy atom. The lowest BCUT2D eigenvalue weighted by molar-refractivity contribution is -0.264. The van der Waals surface area contributed by atoms with Gasteiger partial charge in [-0.2, -0.15) is 13.2 Å². The molecule has 2 rings (SSSR count). The summed E-state index contributed by atoms with van der Waals surface area (Å²) in [6.07, 6.45) is -5.03. The van der Waals surface area contributed by atoms with E-state index in [1.807, 2.05) is 6.92 Å². The van der Waals surface area contributed by atoms with Crippen LogP contribution in [0.25, 0.3) is 0 Å². The minimum Gasteiger partial charge on any atom is -0.494 e. The minimum absolute atomic E-state index is 0.102. The Morgan fingerprint density at radius 3 is 2.23 bits per heavy atom. The van der Waals surface area contributed by atoms with E-state index in [0.29, 0.717) is 17.9 Å². The highest BCUT2D eigenvalue weighted by molar-refractivity contribution is 5.78. The summed E-state index contributed by atoms with van der Waals surface area (Å²) in [4.78, 5) is 12.0. The first kappa shape index (κ1) is 19.8. The topological polar surface area (TPSA) is 58.6 Å². The van der Waals surface area contributed by atoms with Gasteiger partial charge in [-0.25, -0.2) is 0 Å². The lowest BCUT2D eigenvalue weighted by atomic mass is 9.93. The lowest BCUT2D eigenvalue weighted by Gasteiger charge is -2.31. The van der Waals surface area contributed by atoms with Crippen molar-refractivity contribution in [2.75, 3.05) is 13.2 Å². The summed E-state index contributed by atoms with van der Waals surface area (Å²) in [6, 6.07) is 13.4. The zero-order valence-electron chi connectivity index (χ0n) is 14.2. The quantitative estimate of drug-likeness (QED) is 0.790. The first-order valence-electron chi connectivity index (χ1n) is 8.09. The van der Waals surface area contributed by atoms with Crippen molar-refractivity contribution in [3.05, 3.63) is 65.7 Å². The van der Waals surface area contributed by atoms with Gasteiger partial charge in [0, 0.05) is 0 Å². The molecule has 0 radical (unpaired) electrons. The second-order valence-electron chi connectivity index (χ2n) is 5.75. The van der Waals surface area contributed by atoms with Gasteiger partial charge >= 0.3 is 6.18 Å². The smallest absolute Gasteiger partial charge is 0.423 e. The third kappa shape index (κ3) is 4.76. The first-order valence-corrected chi connectivity index (χ1v) is 8.09. The van der Waals surface area contributed by atoms with E-state index < -0.39 is 24.2 Å². The summed E-state index contributed by atoms with van der Waals surface area (Å²) < 4.78 is 45.4. The molecule has 2 N–H and O–H groups in total. The largest absolute Gasteiger partial charge is 0.494 e. The zero-order valence-corrected chi connectivity index (χ0v) is 14.2. The molecule has 0 saturated heterocycles. The molecular formula is C19H20F3NO3. The van der Waals surface area contributed by atoms with Crippen LogP contribution in [0.2, 0.25) is 0 Å². The van der Waals surface area contributed by atoms with E-state index in [2.05, 4.69) is 5.32 Å². The van der Waals surface area contributed by atoms with Crippen molar-refractivity contribution in [1.82, 2.24) is 5.32 Å². The number of ether oxygens (including phenoxy) is 1. The van der Waals surface area contributed by atoms with Crippen molar-refractivity contribution < 1.29 is 27.8 Å². The van der Waals surface area contributed by atoms with Gasteiger partial charge in [0.25, 0.3) is 0 Å².